The summed E-state index contributed by atoms with van der Waals surface area (Å²) < 4.78 is 13.8. The van der Waals surface area contributed by atoms with E-state index in [2.05, 4.69) is 10.3 Å². The molecule has 5 nitrogen and oxygen atoms in total. The summed E-state index contributed by atoms with van der Waals surface area (Å²) in [5.41, 5.74) is 0.758. The smallest absolute Gasteiger partial charge is 0.278 e. The van der Waals surface area contributed by atoms with E-state index < -0.39 is 10.7 Å². The summed E-state index contributed by atoms with van der Waals surface area (Å²) in [5, 5.41) is 14.1. The molecular formula is C13H14FN3O2. The van der Waals surface area contributed by atoms with Crippen LogP contribution >= 0.6 is 0 Å². The lowest BCUT2D eigenvalue weighted by Crippen LogP contribution is -2.01. The highest BCUT2D eigenvalue weighted by Crippen LogP contribution is 2.30. The van der Waals surface area contributed by atoms with Crippen LogP contribution in [-0.4, -0.2) is 17.0 Å². The summed E-state index contributed by atoms with van der Waals surface area (Å²) in [6.07, 6.45) is 1.61. The zero-order valence-electron chi connectivity index (χ0n) is 10.7. The number of halogens is 1. The largest absolute Gasteiger partial charge is 0.373 e. The van der Waals surface area contributed by atoms with E-state index in [0.29, 0.717) is 5.82 Å². The van der Waals surface area contributed by atoms with E-state index >= 15 is 0 Å². The van der Waals surface area contributed by atoms with E-state index in [9.17, 15) is 14.5 Å². The maximum Gasteiger partial charge on any atom is 0.278 e. The molecule has 0 fully saturated rings. The second-order valence-electron chi connectivity index (χ2n) is 4.22. The van der Waals surface area contributed by atoms with E-state index in [-0.39, 0.29) is 16.6 Å². The average molecular weight is 263 g/mol. The molecule has 0 spiro atoms. The third-order valence-electron chi connectivity index (χ3n) is 2.94. The van der Waals surface area contributed by atoms with Gasteiger partial charge in [-0.05, 0) is 24.1 Å². The van der Waals surface area contributed by atoms with Crippen LogP contribution in [0.2, 0.25) is 0 Å². The number of hydrogen-bond acceptors (Lipinski definition) is 4. The van der Waals surface area contributed by atoms with Gasteiger partial charge in [-0.1, -0.05) is 13.3 Å². The highest BCUT2D eigenvalue weighted by Gasteiger charge is 2.18. The predicted molar refractivity (Wildman–Crippen MR) is 71.9 cm³/mol. The Hall–Kier alpha value is -2.24. The molecule has 1 aromatic carbocycles. The number of rotatable bonds is 4. The van der Waals surface area contributed by atoms with Crippen LogP contribution in [0.5, 0.6) is 0 Å². The lowest BCUT2D eigenvalue weighted by molar-refractivity contribution is -0.383. The molecule has 6 heteroatoms. The Balaban J connectivity index is 2.79. The normalized spacial score (nSPS) is 10.7. The molecule has 0 atom stereocenters. The Morgan fingerprint density at radius 2 is 2.21 bits per heavy atom. The number of nitrogens with one attached hydrogen (secondary N) is 1. The zero-order valence-corrected chi connectivity index (χ0v) is 10.7. The van der Waals surface area contributed by atoms with E-state index in [4.69, 9.17) is 0 Å². The molecule has 2 aromatic rings. The monoisotopic (exact) mass is 263 g/mol. The predicted octanol–water partition coefficient (Wildman–Crippen LogP) is 3.28. The highest BCUT2D eigenvalue weighted by atomic mass is 19.1. The van der Waals surface area contributed by atoms with Crippen molar-refractivity contribution in [3.05, 3.63) is 39.7 Å². The fraction of sp³-hybridized carbons (Fsp3) is 0.308. The molecule has 0 saturated heterocycles. The van der Waals surface area contributed by atoms with Crippen LogP contribution < -0.4 is 5.32 Å². The first-order chi connectivity index (χ1) is 9.08. The second-order valence-corrected chi connectivity index (χ2v) is 4.22. The van der Waals surface area contributed by atoms with Gasteiger partial charge in [0, 0.05) is 13.1 Å². The number of anilines is 1. The van der Waals surface area contributed by atoms with Crippen molar-refractivity contribution in [2.75, 3.05) is 12.4 Å². The van der Waals surface area contributed by atoms with Gasteiger partial charge in [-0.15, -0.1) is 0 Å². The van der Waals surface area contributed by atoms with Gasteiger partial charge >= 0.3 is 0 Å². The van der Waals surface area contributed by atoms with Gasteiger partial charge in [0.05, 0.1) is 10.3 Å². The maximum atomic E-state index is 13.8. The fourth-order valence-electron chi connectivity index (χ4n) is 2.09. The number of fused-ring (bicyclic) bond motifs is 1. The number of nitrogens with zero attached hydrogens (tertiary/aromatic N) is 2. The van der Waals surface area contributed by atoms with E-state index in [1.165, 1.54) is 6.07 Å². The molecular weight excluding hydrogens is 249 g/mol. The molecule has 0 amide bonds. The molecule has 0 radical (unpaired) electrons. The van der Waals surface area contributed by atoms with Crippen molar-refractivity contribution in [2.45, 2.75) is 19.8 Å². The summed E-state index contributed by atoms with van der Waals surface area (Å²) in [5.74, 6) is 0.00824. The first kappa shape index (κ1) is 13.2. The van der Waals surface area contributed by atoms with Crippen LogP contribution in [0.25, 0.3) is 10.9 Å². The fourth-order valence-corrected chi connectivity index (χ4v) is 2.09. The second kappa shape index (κ2) is 5.17. The molecule has 2 rings (SSSR count). The number of non-ortho nitro benzene ring substituents is 1. The molecule has 0 aliphatic heterocycles. The van der Waals surface area contributed by atoms with Crippen LogP contribution in [0.4, 0.5) is 15.9 Å². The summed E-state index contributed by atoms with van der Waals surface area (Å²) in [4.78, 5) is 14.6. The molecule has 1 N–H and O–H groups in total. The summed E-state index contributed by atoms with van der Waals surface area (Å²) >= 11 is 0. The summed E-state index contributed by atoms with van der Waals surface area (Å²) in [7, 11) is 1.70. The van der Waals surface area contributed by atoms with E-state index in [0.717, 1.165) is 24.5 Å². The molecule has 0 saturated carbocycles. The van der Waals surface area contributed by atoms with Gasteiger partial charge < -0.3 is 5.32 Å². The first-order valence-corrected chi connectivity index (χ1v) is 6.02. The molecule has 100 valence electrons. The van der Waals surface area contributed by atoms with Crippen molar-refractivity contribution >= 4 is 22.4 Å². The lowest BCUT2D eigenvalue weighted by atomic mass is 10.1. The van der Waals surface area contributed by atoms with Crippen molar-refractivity contribution in [1.82, 2.24) is 4.98 Å². The number of pyridine rings is 1. The average Bonchev–Trinajstić information content (AvgIpc) is 2.38. The Bertz CT molecular complexity index is 643. The van der Waals surface area contributed by atoms with Gasteiger partial charge in [-0.2, -0.15) is 0 Å². The Morgan fingerprint density at radius 1 is 1.47 bits per heavy atom. The number of nitro benzene ring substituents is 1. The van der Waals surface area contributed by atoms with Crippen molar-refractivity contribution in [3.63, 3.8) is 0 Å². The van der Waals surface area contributed by atoms with Gasteiger partial charge in [0.2, 0.25) is 0 Å². The third kappa shape index (κ3) is 2.33. The van der Waals surface area contributed by atoms with Crippen LogP contribution in [0.15, 0.2) is 18.2 Å². The first-order valence-electron chi connectivity index (χ1n) is 6.02. The number of aryl methyl sites for hydroxylation is 1. The van der Waals surface area contributed by atoms with Gasteiger partial charge in [-0.25, -0.2) is 9.37 Å². The quantitative estimate of drug-likeness (QED) is 0.679. The summed E-state index contributed by atoms with van der Waals surface area (Å²) in [6, 6.07) is 3.90. The van der Waals surface area contributed by atoms with E-state index in [1.807, 2.05) is 6.92 Å². The van der Waals surface area contributed by atoms with Gasteiger partial charge in [0.1, 0.15) is 17.2 Å². The van der Waals surface area contributed by atoms with Gasteiger partial charge in [-0.3, -0.25) is 10.1 Å². The van der Waals surface area contributed by atoms with Crippen molar-refractivity contribution in [3.8, 4) is 0 Å². The van der Waals surface area contributed by atoms with Gasteiger partial charge in [0.15, 0.2) is 0 Å². The summed E-state index contributed by atoms with van der Waals surface area (Å²) in [6.45, 7) is 2.00. The van der Waals surface area contributed by atoms with Crippen LogP contribution in [0.1, 0.15) is 18.9 Å². The third-order valence-corrected chi connectivity index (χ3v) is 2.94. The maximum absolute atomic E-state index is 13.8. The number of hydrogen-bond donors (Lipinski definition) is 1. The molecule has 0 aliphatic carbocycles. The molecule has 0 aliphatic rings. The molecule has 0 bridgehead atoms. The van der Waals surface area contributed by atoms with Crippen molar-refractivity contribution in [2.24, 2.45) is 0 Å². The van der Waals surface area contributed by atoms with E-state index in [1.54, 1.807) is 13.1 Å². The van der Waals surface area contributed by atoms with Crippen LogP contribution in [-0.2, 0) is 6.42 Å². The minimum absolute atomic E-state index is 0.0263. The lowest BCUT2D eigenvalue weighted by Gasteiger charge is -2.10. The number of aromatic nitrogens is 1. The molecule has 1 aromatic heterocycles. The molecule has 0 unspecified atom stereocenters. The van der Waals surface area contributed by atoms with Crippen LogP contribution in [0, 0.1) is 15.9 Å². The minimum atomic E-state index is -0.555. The minimum Gasteiger partial charge on any atom is -0.373 e. The highest BCUT2D eigenvalue weighted by molar-refractivity contribution is 5.90. The Morgan fingerprint density at radius 3 is 2.79 bits per heavy atom. The SMILES string of the molecule is CCCc1cc2c([N+](=O)[O-])ccc(F)c2nc1NC. The Labute approximate surface area is 109 Å². The number of nitro groups is 1. The topological polar surface area (TPSA) is 68.1 Å². The van der Waals surface area contributed by atoms with Crippen LogP contribution in [0.3, 0.4) is 0 Å². The van der Waals surface area contributed by atoms with Crippen molar-refractivity contribution in [1.29, 1.82) is 0 Å². The molecule has 19 heavy (non-hydrogen) atoms. The van der Waals surface area contributed by atoms with Crippen molar-refractivity contribution < 1.29 is 9.31 Å². The molecule has 1 heterocycles. The standard InChI is InChI=1S/C13H14FN3O2/c1-3-4-8-7-9-11(17(18)19)6-5-10(14)12(9)16-13(8)15-2/h5-7H,3-4H2,1-2H3,(H,15,16). The zero-order chi connectivity index (χ0) is 14.0. The van der Waals surface area contributed by atoms with Gasteiger partial charge in [0.25, 0.3) is 5.69 Å². The Kier molecular flexibility index (Phi) is 3.59. The number of benzene rings is 1.